The van der Waals surface area contributed by atoms with Crippen molar-refractivity contribution in [3.8, 4) is 0 Å². The Labute approximate surface area is 124 Å². The Bertz CT molecular complexity index is 734. The number of halogens is 2. The molecule has 0 fully saturated rings. The zero-order chi connectivity index (χ0) is 15.6. The monoisotopic (exact) mass is 308 g/mol. The largest absolute Gasteiger partial charge is 0.322 e. The molecule has 0 saturated carbocycles. The van der Waals surface area contributed by atoms with E-state index in [2.05, 4.69) is 5.32 Å². The van der Waals surface area contributed by atoms with E-state index in [-0.39, 0.29) is 22.0 Å². The van der Waals surface area contributed by atoms with Crippen molar-refractivity contribution in [1.82, 2.24) is 0 Å². The van der Waals surface area contributed by atoms with Gasteiger partial charge in [0, 0.05) is 22.9 Å². The first kappa shape index (κ1) is 14.9. The standard InChI is InChI=1S/C14H10ClFN2O3/c1-8-6-9(2-5-13(8)18(20)21)14(19)17-10-3-4-11(15)12(16)7-10/h2-7H,1H3,(H,17,19). The summed E-state index contributed by atoms with van der Waals surface area (Å²) >= 11 is 5.55. The second kappa shape index (κ2) is 5.88. The maximum absolute atomic E-state index is 13.3. The normalized spacial score (nSPS) is 10.2. The second-order valence-electron chi connectivity index (χ2n) is 4.34. The van der Waals surface area contributed by atoms with Gasteiger partial charge >= 0.3 is 0 Å². The van der Waals surface area contributed by atoms with Crippen LogP contribution >= 0.6 is 11.6 Å². The van der Waals surface area contributed by atoms with Crippen LogP contribution < -0.4 is 5.32 Å². The number of carbonyl (C=O) groups excluding carboxylic acids is 1. The number of aryl methyl sites for hydroxylation is 1. The number of rotatable bonds is 3. The van der Waals surface area contributed by atoms with E-state index in [1.54, 1.807) is 0 Å². The van der Waals surface area contributed by atoms with Gasteiger partial charge in [0.25, 0.3) is 11.6 Å². The number of anilines is 1. The number of benzene rings is 2. The molecule has 0 aromatic heterocycles. The summed E-state index contributed by atoms with van der Waals surface area (Å²) in [5.74, 6) is -1.14. The van der Waals surface area contributed by atoms with E-state index in [0.717, 1.165) is 6.07 Å². The summed E-state index contributed by atoms with van der Waals surface area (Å²) in [5.41, 5.74) is 0.797. The Morgan fingerprint density at radius 3 is 2.57 bits per heavy atom. The van der Waals surface area contributed by atoms with Crippen LogP contribution in [0.3, 0.4) is 0 Å². The molecule has 2 aromatic carbocycles. The molecule has 5 nitrogen and oxygen atoms in total. The van der Waals surface area contributed by atoms with E-state index in [1.807, 2.05) is 0 Å². The van der Waals surface area contributed by atoms with Crippen LogP contribution in [0.2, 0.25) is 5.02 Å². The van der Waals surface area contributed by atoms with Crippen LogP contribution in [0.5, 0.6) is 0 Å². The van der Waals surface area contributed by atoms with Gasteiger partial charge in [-0.15, -0.1) is 0 Å². The zero-order valence-electron chi connectivity index (χ0n) is 10.9. The van der Waals surface area contributed by atoms with Gasteiger partial charge in [-0.3, -0.25) is 14.9 Å². The lowest BCUT2D eigenvalue weighted by Gasteiger charge is -2.07. The van der Waals surface area contributed by atoms with Gasteiger partial charge in [-0.25, -0.2) is 4.39 Å². The molecule has 7 heteroatoms. The molecule has 2 aromatic rings. The SMILES string of the molecule is Cc1cc(C(=O)Nc2ccc(Cl)c(F)c2)ccc1[N+](=O)[O-]. The van der Waals surface area contributed by atoms with Gasteiger partial charge in [0.05, 0.1) is 9.95 Å². The van der Waals surface area contributed by atoms with E-state index in [0.29, 0.717) is 5.56 Å². The fraction of sp³-hybridized carbons (Fsp3) is 0.0714. The highest BCUT2D eigenvalue weighted by Crippen LogP contribution is 2.21. The zero-order valence-corrected chi connectivity index (χ0v) is 11.6. The number of nitro groups is 1. The maximum Gasteiger partial charge on any atom is 0.272 e. The third-order valence-electron chi connectivity index (χ3n) is 2.83. The smallest absolute Gasteiger partial charge is 0.272 e. The van der Waals surface area contributed by atoms with Gasteiger partial charge in [0.1, 0.15) is 5.82 Å². The van der Waals surface area contributed by atoms with Crippen LogP contribution in [0.4, 0.5) is 15.8 Å². The van der Waals surface area contributed by atoms with Crippen LogP contribution in [0.25, 0.3) is 0 Å². The molecule has 0 saturated heterocycles. The lowest BCUT2D eigenvalue weighted by Crippen LogP contribution is -2.12. The quantitative estimate of drug-likeness (QED) is 0.689. The predicted molar refractivity (Wildman–Crippen MR) is 77.2 cm³/mol. The molecule has 0 aliphatic carbocycles. The first-order valence-corrected chi connectivity index (χ1v) is 6.27. The Morgan fingerprint density at radius 1 is 1.29 bits per heavy atom. The van der Waals surface area contributed by atoms with Crippen LogP contribution in [-0.4, -0.2) is 10.8 Å². The van der Waals surface area contributed by atoms with Gasteiger partial charge in [-0.1, -0.05) is 11.6 Å². The molecule has 0 aliphatic heterocycles. The Kier molecular flexibility index (Phi) is 4.18. The molecule has 21 heavy (non-hydrogen) atoms. The van der Waals surface area contributed by atoms with Crippen LogP contribution in [0, 0.1) is 22.9 Å². The van der Waals surface area contributed by atoms with E-state index >= 15 is 0 Å². The Hall–Kier alpha value is -2.47. The molecule has 1 N–H and O–H groups in total. The molecule has 2 rings (SSSR count). The van der Waals surface area contributed by atoms with Crippen LogP contribution in [-0.2, 0) is 0 Å². The second-order valence-corrected chi connectivity index (χ2v) is 4.75. The molecule has 0 heterocycles. The third kappa shape index (κ3) is 3.35. The summed E-state index contributed by atoms with van der Waals surface area (Å²) in [4.78, 5) is 22.2. The molecule has 0 radical (unpaired) electrons. The minimum absolute atomic E-state index is 0.0424. The van der Waals surface area contributed by atoms with Crippen molar-refractivity contribution in [2.75, 3.05) is 5.32 Å². The van der Waals surface area contributed by atoms with E-state index in [4.69, 9.17) is 11.6 Å². The molecular weight excluding hydrogens is 299 g/mol. The lowest BCUT2D eigenvalue weighted by molar-refractivity contribution is -0.385. The van der Waals surface area contributed by atoms with Crippen molar-refractivity contribution in [3.05, 3.63) is 68.5 Å². The van der Waals surface area contributed by atoms with Gasteiger partial charge in [0.2, 0.25) is 0 Å². The molecule has 108 valence electrons. The highest BCUT2D eigenvalue weighted by molar-refractivity contribution is 6.30. The summed E-state index contributed by atoms with van der Waals surface area (Å²) < 4.78 is 13.3. The molecule has 0 atom stereocenters. The average Bonchev–Trinajstić information content (AvgIpc) is 2.42. The maximum atomic E-state index is 13.3. The topological polar surface area (TPSA) is 72.2 Å². The number of nitrogens with zero attached hydrogens (tertiary/aromatic N) is 1. The first-order valence-electron chi connectivity index (χ1n) is 5.90. The van der Waals surface area contributed by atoms with E-state index in [1.165, 1.54) is 37.3 Å². The number of carbonyl (C=O) groups is 1. The summed E-state index contributed by atoms with van der Waals surface area (Å²) in [6.45, 7) is 1.54. The Balaban J connectivity index is 2.22. The number of hydrogen-bond acceptors (Lipinski definition) is 3. The van der Waals surface area contributed by atoms with E-state index < -0.39 is 16.6 Å². The minimum atomic E-state index is -0.644. The summed E-state index contributed by atoms with van der Waals surface area (Å²) in [7, 11) is 0. The van der Waals surface area contributed by atoms with Crippen molar-refractivity contribution in [3.63, 3.8) is 0 Å². The fourth-order valence-corrected chi connectivity index (χ4v) is 1.90. The van der Waals surface area contributed by atoms with Crippen LogP contribution in [0.1, 0.15) is 15.9 Å². The first-order chi connectivity index (χ1) is 9.88. The van der Waals surface area contributed by atoms with Gasteiger partial charge in [-0.2, -0.15) is 0 Å². The number of nitrogens with one attached hydrogen (secondary N) is 1. The minimum Gasteiger partial charge on any atom is -0.322 e. The van der Waals surface area contributed by atoms with Crippen molar-refractivity contribution in [1.29, 1.82) is 0 Å². The van der Waals surface area contributed by atoms with Crippen molar-refractivity contribution < 1.29 is 14.1 Å². The summed E-state index contributed by atoms with van der Waals surface area (Å²) in [5, 5.41) is 13.2. The van der Waals surface area contributed by atoms with Crippen molar-refractivity contribution in [2.45, 2.75) is 6.92 Å². The van der Waals surface area contributed by atoms with Gasteiger partial charge in [0.15, 0.2) is 0 Å². The fourth-order valence-electron chi connectivity index (χ4n) is 1.78. The molecule has 0 unspecified atom stereocenters. The Morgan fingerprint density at radius 2 is 2.00 bits per heavy atom. The highest BCUT2D eigenvalue weighted by Gasteiger charge is 2.14. The molecular formula is C14H10ClFN2O3. The summed E-state index contributed by atoms with van der Waals surface area (Å²) in [6.07, 6.45) is 0. The van der Waals surface area contributed by atoms with Crippen molar-refractivity contribution >= 4 is 28.9 Å². The predicted octanol–water partition coefficient (Wildman–Crippen LogP) is 3.95. The average molecular weight is 309 g/mol. The van der Waals surface area contributed by atoms with Gasteiger partial charge in [-0.05, 0) is 37.3 Å². The highest BCUT2D eigenvalue weighted by atomic mass is 35.5. The molecule has 0 aliphatic rings. The lowest BCUT2D eigenvalue weighted by atomic mass is 10.1. The van der Waals surface area contributed by atoms with Crippen LogP contribution in [0.15, 0.2) is 36.4 Å². The third-order valence-corrected chi connectivity index (χ3v) is 3.14. The van der Waals surface area contributed by atoms with E-state index in [9.17, 15) is 19.3 Å². The number of nitro benzene ring substituents is 1. The van der Waals surface area contributed by atoms with Gasteiger partial charge < -0.3 is 5.32 Å². The molecule has 1 amide bonds. The molecule has 0 spiro atoms. The number of amides is 1. The molecule has 0 bridgehead atoms. The number of hydrogen-bond donors (Lipinski definition) is 1. The van der Waals surface area contributed by atoms with Crippen molar-refractivity contribution in [2.24, 2.45) is 0 Å². The summed E-state index contributed by atoms with van der Waals surface area (Å²) in [6, 6.07) is 7.88.